The molecule has 3 heterocycles. The molecule has 4 N–H and O–H groups in total. The van der Waals surface area contributed by atoms with Gasteiger partial charge >= 0.3 is 0 Å². The van der Waals surface area contributed by atoms with Crippen molar-refractivity contribution in [3.05, 3.63) is 6.33 Å². The average Bonchev–Trinajstić information content (AvgIpc) is 3.00. The van der Waals surface area contributed by atoms with Crippen LogP contribution in [0.1, 0.15) is 13.2 Å². The standard InChI is InChI=1S/C12H15Cl2N5O4/c1-2-22-9-6-8(17-11(15)18-9)19(4-16-6)10-12(13,14)7(21)5(3-20)23-10/h4-5,7,10,20-21H,2-3H2,1H3,(H2,15,17,18)/t5-,7-,10-/m1/s1. The number of aliphatic hydroxyl groups is 2. The lowest BCUT2D eigenvalue weighted by atomic mass is 10.2. The summed E-state index contributed by atoms with van der Waals surface area (Å²) in [6, 6.07) is 0. The molecule has 1 aliphatic heterocycles. The van der Waals surface area contributed by atoms with Gasteiger partial charge in [0, 0.05) is 0 Å². The van der Waals surface area contributed by atoms with Gasteiger partial charge in [0.25, 0.3) is 0 Å². The van der Waals surface area contributed by atoms with E-state index in [-0.39, 0.29) is 11.8 Å². The number of hydrogen-bond donors (Lipinski definition) is 3. The number of hydrogen-bond acceptors (Lipinski definition) is 8. The first-order valence-electron chi connectivity index (χ1n) is 6.85. The SMILES string of the molecule is CCOc1nc(N)nc2c1ncn2[C@@H]1O[C@H](CO)[C@@H](O)C1(Cl)Cl. The Morgan fingerprint density at radius 2 is 2.22 bits per heavy atom. The summed E-state index contributed by atoms with van der Waals surface area (Å²) in [6.45, 7) is 1.73. The molecular weight excluding hydrogens is 349 g/mol. The second kappa shape index (κ2) is 5.91. The molecule has 3 rings (SSSR count). The van der Waals surface area contributed by atoms with Crippen molar-refractivity contribution in [3.63, 3.8) is 0 Å². The minimum Gasteiger partial charge on any atom is -0.476 e. The Bertz CT molecular complexity index is 725. The van der Waals surface area contributed by atoms with Crippen LogP contribution < -0.4 is 10.5 Å². The van der Waals surface area contributed by atoms with Crippen molar-refractivity contribution in [1.82, 2.24) is 19.5 Å². The van der Waals surface area contributed by atoms with E-state index in [9.17, 15) is 10.2 Å². The summed E-state index contributed by atoms with van der Waals surface area (Å²) >= 11 is 12.4. The Morgan fingerprint density at radius 3 is 2.83 bits per heavy atom. The van der Waals surface area contributed by atoms with Gasteiger partial charge in [0.1, 0.15) is 12.2 Å². The minimum atomic E-state index is -1.70. The Kier molecular flexibility index (Phi) is 4.23. The van der Waals surface area contributed by atoms with E-state index in [0.717, 1.165) is 0 Å². The predicted molar refractivity (Wildman–Crippen MR) is 82.3 cm³/mol. The summed E-state index contributed by atoms with van der Waals surface area (Å²) in [5.74, 6) is 0.204. The second-order valence-corrected chi connectivity index (χ2v) is 6.42. The zero-order chi connectivity index (χ0) is 16.8. The fourth-order valence-electron chi connectivity index (χ4n) is 2.43. The smallest absolute Gasteiger partial charge is 0.247 e. The zero-order valence-electron chi connectivity index (χ0n) is 12.1. The van der Waals surface area contributed by atoms with Crippen molar-refractivity contribution in [2.24, 2.45) is 0 Å². The molecule has 1 saturated heterocycles. The number of fused-ring (bicyclic) bond motifs is 1. The lowest BCUT2D eigenvalue weighted by molar-refractivity contribution is -0.0434. The molecule has 0 bridgehead atoms. The number of aromatic nitrogens is 4. The van der Waals surface area contributed by atoms with Gasteiger partial charge in [-0.3, -0.25) is 4.57 Å². The van der Waals surface area contributed by atoms with E-state index in [2.05, 4.69) is 15.0 Å². The third-order valence-corrected chi connectivity index (χ3v) is 4.32. The van der Waals surface area contributed by atoms with Gasteiger partial charge in [-0.25, -0.2) is 4.98 Å². The Morgan fingerprint density at radius 1 is 1.48 bits per heavy atom. The van der Waals surface area contributed by atoms with Crippen molar-refractivity contribution in [2.75, 3.05) is 18.9 Å². The fraction of sp³-hybridized carbons (Fsp3) is 0.583. The first-order chi connectivity index (χ1) is 10.9. The molecule has 0 aliphatic carbocycles. The number of ether oxygens (including phenoxy) is 2. The van der Waals surface area contributed by atoms with Gasteiger partial charge in [0.2, 0.25) is 11.8 Å². The summed E-state index contributed by atoms with van der Waals surface area (Å²) in [6.07, 6.45) is -1.86. The zero-order valence-corrected chi connectivity index (χ0v) is 13.6. The number of alkyl halides is 2. The molecule has 23 heavy (non-hydrogen) atoms. The van der Waals surface area contributed by atoms with Gasteiger partial charge in [0.05, 0.1) is 19.5 Å². The maximum absolute atomic E-state index is 10.1. The highest BCUT2D eigenvalue weighted by Crippen LogP contribution is 2.47. The van der Waals surface area contributed by atoms with Crippen LogP contribution in [0.15, 0.2) is 6.33 Å². The van der Waals surface area contributed by atoms with Gasteiger partial charge < -0.3 is 25.4 Å². The van der Waals surface area contributed by atoms with Crippen molar-refractivity contribution < 1.29 is 19.7 Å². The Hall–Kier alpha value is -1.39. The largest absolute Gasteiger partial charge is 0.476 e. The van der Waals surface area contributed by atoms with Crippen molar-refractivity contribution in [3.8, 4) is 5.88 Å². The van der Waals surface area contributed by atoms with E-state index < -0.39 is 29.4 Å². The van der Waals surface area contributed by atoms with Crippen LogP contribution >= 0.6 is 23.2 Å². The lowest BCUT2D eigenvalue weighted by Gasteiger charge is -2.23. The number of halogens is 2. The molecule has 1 aliphatic rings. The normalized spacial score (nSPS) is 26.7. The highest BCUT2D eigenvalue weighted by molar-refractivity contribution is 6.49. The minimum absolute atomic E-state index is 0.0188. The monoisotopic (exact) mass is 363 g/mol. The fourth-order valence-corrected chi connectivity index (χ4v) is 3.03. The molecular formula is C12H15Cl2N5O4. The third-order valence-electron chi connectivity index (χ3n) is 3.50. The number of anilines is 1. The number of nitrogens with two attached hydrogens (primary N) is 1. The molecule has 1 fully saturated rings. The summed E-state index contributed by atoms with van der Waals surface area (Å²) in [5, 5.41) is 19.3. The number of imidazole rings is 1. The van der Waals surface area contributed by atoms with Gasteiger partial charge in [-0.15, -0.1) is 0 Å². The van der Waals surface area contributed by atoms with Crippen LogP contribution in [0.4, 0.5) is 5.95 Å². The van der Waals surface area contributed by atoms with Gasteiger partial charge in [-0.1, -0.05) is 23.2 Å². The molecule has 0 amide bonds. The maximum atomic E-state index is 10.1. The summed E-state index contributed by atoms with van der Waals surface area (Å²) in [4.78, 5) is 12.3. The van der Waals surface area contributed by atoms with E-state index >= 15 is 0 Å². The molecule has 0 aromatic carbocycles. The molecule has 2 aromatic heterocycles. The van der Waals surface area contributed by atoms with Crippen molar-refractivity contribution in [1.29, 1.82) is 0 Å². The molecule has 2 aromatic rings. The van der Waals surface area contributed by atoms with Crippen LogP contribution in [0.3, 0.4) is 0 Å². The van der Waals surface area contributed by atoms with Crippen LogP contribution in [0, 0.1) is 0 Å². The summed E-state index contributed by atoms with van der Waals surface area (Å²) < 4.78 is 10.7. The molecule has 0 spiro atoms. The van der Waals surface area contributed by atoms with Gasteiger partial charge in [-0.2, -0.15) is 9.97 Å². The second-order valence-electron chi connectivity index (χ2n) is 4.97. The number of rotatable bonds is 4. The third kappa shape index (κ3) is 2.58. The predicted octanol–water partition coefficient (Wildman–Crippen LogP) is 0.232. The molecule has 0 unspecified atom stereocenters. The highest BCUT2D eigenvalue weighted by Gasteiger charge is 2.55. The van der Waals surface area contributed by atoms with Crippen molar-refractivity contribution >= 4 is 40.3 Å². The van der Waals surface area contributed by atoms with E-state index in [0.29, 0.717) is 17.8 Å². The molecule has 0 saturated carbocycles. The Labute approximate surface area is 141 Å². The highest BCUT2D eigenvalue weighted by atomic mass is 35.5. The van der Waals surface area contributed by atoms with Crippen molar-refractivity contribution in [2.45, 2.75) is 29.7 Å². The molecule has 126 valence electrons. The first-order valence-corrected chi connectivity index (χ1v) is 7.60. The van der Waals surface area contributed by atoms with Crippen LogP contribution in [0.2, 0.25) is 0 Å². The molecule has 0 radical (unpaired) electrons. The van der Waals surface area contributed by atoms with Crippen LogP contribution in [0.5, 0.6) is 5.88 Å². The quantitative estimate of drug-likeness (QED) is 0.658. The lowest BCUT2D eigenvalue weighted by Crippen LogP contribution is -2.37. The summed E-state index contributed by atoms with van der Waals surface area (Å²) in [7, 11) is 0. The topological polar surface area (TPSA) is 129 Å². The van der Waals surface area contributed by atoms with Crippen LogP contribution in [-0.2, 0) is 4.74 Å². The summed E-state index contributed by atoms with van der Waals surface area (Å²) in [5.41, 5.74) is 6.34. The van der Waals surface area contributed by atoms with E-state index in [4.69, 9.17) is 38.4 Å². The molecule has 9 nitrogen and oxygen atoms in total. The number of nitrogen functional groups attached to an aromatic ring is 1. The van der Waals surface area contributed by atoms with Crippen LogP contribution in [0.25, 0.3) is 11.2 Å². The Balaban J connectivity index is 2.10. The number of nitrogens with zero attached hydrogens (tertiary/aromatic N) is 4. The van der Waals surface area contributed by atoms with Gasteiger partial charge in [-0.05, 0) is 6.92 Å². The van der Waals surface area contributed by atoms with E-state index in [1.807, 2.05) is 0 Å². The first kappa shape index (κ1) is 16.5. The molecule has 11 heteroatoms. The number of aliphatic hydroxyl groups excluding tert-OH is 2. The van der Waals surface area contributed by atoms with E-state index in [1.54, 1.807) is 6.92 Å². The van der Waals surface area contributed by atoms with E-state index in [1.165, 1.54) is 10.9 Å². The maximum Gasteiger partial charge on any atom is 0.247 e. The average molecular weight is 364 g/mol. The molecule has 3 atom stereocenters. The van der Waals surface area contributed by atoms with Crippen LogP contribution in [-0.4, -0.2) is 59.5 Å². The van der Waals surface area contributed by atoms with Gasteiger partial charge in [0.15, 0.2) is 21.7 Å².